The van der Waals surface area contributed by atoms with Crippen LogP contribution < -0.4 is 0 Å². The van der Waals surface area contributed by atoms with Gasteiger partial charge in [-0.2, -0.15) is 0 Å². The van der Waals surface area contributed by atoms with Crippen LogP contribution in [0, 0.1) is 11.8 Å². The Labute approximate surface area is 125 Å². The molecule has 1 aliphatic carbocycles. The molecule has 0 unspecified atom stereocenters. The molecule has 0 radical (unpaired) electrons. The second-order valence-corrected chi connectivity index (χ2v) is 5.17. The Morgan fingerprint density at radius 2 is 1.86 bits per heavy atom. The molecule has 1 saturated carbocycles. The summed E-state index contributed by atoms with van der Waals surface area (Å²) in [5, 5.41) is 29.4. The normalized spacial score (nSPS) is 34.0. The number of hydrogen-bond donors (Lipinski definition) is 3. The maximum atomic E-state index is 11.1. The van der Waals surface area contributed by atoms with Crippen LogP contribution in [0.2, 0.25) is 0 Å². The molecule has 1 rings (SSSR count). The van der Waals surface area contributed by atoms with Gasteiger partial charge in [0.15, 0.2) is 0 Å². The highest BCUT2D eigenvalue weighted by Crippen LogP contribution is 2.33. The highest BCUT2D eigenvalue weighted by molar-refractivity contribution is 5.66. The zero-order valence-electron chi connectivity index (χ0n) is 12.4. The summed E-state index contributed by atoms with van der Waals surface area (Å²) in [6.07, 6.45) is 8.49. The largest absolute Gasteiger partial charge is 0.460 e. The molecule has 0 aromatic heterocycles. The fourth-order valence-electron chi connectivity index (χ4n) is 2.55. The SMILES string of the molecule is CC=CC=CC=C[C@@H]1C[C@@H](OC(C)=O)[C@H](O)[C@H](O)[C@@H]1CO. The average Bonchev–Trinajstić information content (AvgIpc) is 2.44. The van der Waals surface area contributed by atoms with E-state index in [0.29, 0.717) is 6.42 Å². The Hall–Kier alpha value is -1.43. The molecule has 118 valence electrons. The molecule has 0 aromatic rings. The van der Waals surface area contributed by atoms with Crippen molar-refractivity contribution < 1.29 is 24.9 Å². The molecular formula is C16H24O5. The van der Waals surface area contributed by atoms with Crippen molar-refractivity contribution >= 4 is 5.97 Å². The van der Waals surface area contributed by atoms with Crippen molar-refractivity contribution in [2.45, 2.75) is 38.6 Å². The molecule has 0 aromatic carbocycles. The van der Waals surface area contributed by atoms with E-state index in [2.05, 4.69) is 0 Å². The van der Waals surface area contributed by atoms with Gasteiger partial charge in [-0.3, -0.25) is 4.79 Å². The topological polar surface area (TPSA) is 87.0 Å². The van der Waals surface area contributed by atoms with Crippen LogP contribution >= 0.6 is 0 Å². The third kappa shape index (κ3) is 5.12. The average molecular weight is 296 g/mol. The van der Waals surface area contributed by atoms with Crippen LogP contribution in [-0.4, -0.2) is 46.2 Å². The van der Waals surface area contributed by atoms with Gasteiger partial charge in [0.1, 0.15) is 12.2 Å². The van der Waals surface area contributed by atoms with Crippen LogP contribution in [0.15, 0.2) is 36.5 Å². The first-order valence-corrected chi connectivity index (χ1v) is 7.11. The van der Waals surface area contributed by atoms with E-state index in [-0.39, 0.29) is 12.5 Å². The number of carbonyl (C=O) groups excluding carboxylic acids is 1. The molecule has 5 heteroatoms. The molecule has 0 amide bonds. The van der Waals surface area contributed by atoms with Gasteiger partial charge in [0.05, 0.1) is 6.10 Å². The molecule has 0 heterocycles. The molecule has 0 bridgehead atoms. The molecule has 5 nitrogen and oxygen atoms in total. The third-order valence-electron chi connectivity index (χ3n) is 3.64. The van der Waals surface area contributed by atoms with E-state index < -0.39 is 30.2 Å². The van der Waals surface area contributed by atoms with Gasteiger partial charge < -0.3 is 20.1 Å². The summed E-state index contributed by atoms with van der Waals surface area (Å²) in [6.45, 7) is 2.94. The van der Waals surface area contributed by atoms with E-state index in [4.69, 9.17) is 4.74 Å². The molecule has 0 spiro atoms. The summed E-state index contributed by atoms with van der Waals surface area (Å²) in [5.74, 6) is -1.14. The van der Waals surface area contributed by atoms with Gasteiger partial charge in [-0.15, -0.1) is 0 Å². The minimum absolute atomic E-state index is 0.173. The van der Waals surface area contributed by atoms with Crippen LogP contribution in [0.3, 0.4) is 0 Å². The van der Waals surface area contributed by atoms with Crippen LogP contribution in [-0.2, 0) is 9.53 Å². The standard InChI is InChI=1S/C16H24O5/c1-3-4-5-6-7-8-12-9-14(21-11(2)18)16(20)15(19)13(12)10-17/h3-8,12-17,19-20H,9-10H2,1-2H3/t12-,13-,14-,15-,16+/m1/s1. The number of ether oxygens (including phenoxy) is 1. The number of esters is 1. The van der Waals surface area contributed by atoms with Gasteiger partial charge in [-0.25, -0.2) is 0 Å². The van der Waals surface area contributed by atoms with E-state index in [1.54, 1.807) is 0 Å². The predicted molar refractivity (Wildman–Crippen MR) is 79.3 cm³/mol. The monoisotopic (exact) mass is 296 g/mol. The lowest BCUT2D eigenvalue weighted by atomic mass is 9.74. The van der Waals surface area contributed by atoms with E-state index in [1.807, 2.05) is 43.4 Å². The molecule has 21 heavy (non-hydrogen) atoms. The summed E-state index contributed by atoms with van der Waals surface area (Å²) in [7, 11) is 0. The van der Waals surface area contributed by atoms with Crippen molar-refractivity contribution in [3.8, 4) is 0 Å². The fourth-order valence-corrected chi connectivity index (χ4v) is 2.55. The first-order chi connectivity index (χ1) is 10.0. The van der Waals surface area contributed by atoms with Crippen LogP contribution in [0.1, 0.15) is 20.3 Å². The second-order valence-electron chi connectivity index (χ2n) is 5.17. The Morgan fingerprint density at radius 3 is 2.43 bits per heavy atom. The Bertz CT molecular complexity index is 413. The second kappa shape index (κ2) is 8.77. The number of aliphatic hydroxyl groups is 3. The third-order valence-corrected chi connectivity index (χ3v) is 3.64. The van der Waals surface area contributed by atoms with Gasteiger partial charge in [0.25, 0.3) is 0 Å². The van der Waals surface area contributed by atoms with Crippen molar-refractivity contribution in [2.75, 3.05) is 6.61 Å². The van der Waals surface area contributed by atoms with E-state index in [1.165, 1.54) is 6.92 Å². The number of allylic oxidation sites excluding steroid dienone is 6. The lowest BCUT2D eigenvalue weighted by Crippen LogP contribution is -2.52. The Balaban J connectivity index is 2.80. The van der Waals surface area contributed by atoms with Crippen molar-refractivity contribution in [1.29, 1.82) is 0 Å². The number of carbonyl (C=O) groups is 1. The van der Waals surface area contributed by atoms with Crippen molar-refractivity contribution in [1.82, 2.24) is 0 Å². The van der Waals surface area contributed by atoms with Crippen LogP contribution in [0.4, 0.5) is 0 Å². The minimum atomic E-state index is -1.17. The van der Waals surface area contributed by atoms with E-state index in [0.717, 1.165) is 0 Å². The summed E-state index contributed by atoms with van der Waals surface area (Å²) < 4.78 is 5.05. The Kier molecular flexibility index (Phi) is 7.36. The summed E-state index contributed by atoms with van der Waals surface area (Å²) in [5.41, 5.74) is 0. The van der Waals surface area contributed by atoms with Gasteiger partial charge in [-0.05, 0) is 19.3 Å². The fraction of sp³-hybridized carbons (Fsp3) is 0.562. The summed E-state index contributed by atoms with van der Waals surface area (Å²) in [6, 6.07) is 0. The van der Waals surface area contributed by atoms with Gasteiger partial charge in [0.2, 0.25) is 0 Å². The molecule has 3 N–H and O–H groups in total. The highest BCUT2D eigenvalue weighted by Gasteiger charge is 2.43. The van der Waals surface area contributed by atoms with E-state index >= 15 is 0 Å². The van der Waals surface area contributed by atoms with Gasteiger partial charge >= 0.3 is 5.97 Å². The lowest BCUT2D eigenvalue weighted by molar-refractivity contribution is -0.173. The summed E-state index contributed by atoms with van der Waals surface area (Å²) >= 11 is 0. The van der Waals surface area contributed by atoms with Crippen LogP contribution in [0.25, 0.3) is 0 Å². The van der Waals surface area contributed by atoms with Crippen molar-refractivity contribution in [3.63, 3.8) is 0 Å². The van der Waals surface area contributed by atoms with Crippen molar-refractivity contribution in [2.24, 2.45) is 11.8 Å². The molecule has 1 fully saturated rings. The number of rotatable bonds is 5. The van der Waals surface area contributed by atoms with Crippen molar-refractivity contribution in [3.05, 3.63) is 36.5 Å². The quantitative estimate of drug-likeness (QED) is 0.519. The maximum absolute atomic E-state index is 11.1. The highest BCUT2D eigenvalue weighted by atomic mass is 16.6. The first-order valence-electron chi connectivity index (χ1n) is 7.11. The van der Waals surface area contributed by atoms with Gasteiger partial charge in [-0.1, -0.05) is 36.5 Å². The molecule has 0 saturated heterocycles. The molecule has 0 aliphatic heterocycles. The molecular weight excluding hydrogens is 272 g/mol. The first kappa shape index (κ1) is 17.6. The Morgan fingerprint density at radius 1 is 1.19 bits per heavy atom. The van der Waals surface area contributed by atoms with Crippen LogP contribution in [0.5, 0.6) is 0 Å². The van der Waals surface area contributed by atoms with E-state index in [9.17, 15) is 20.1 Å². The lowest BCUT2D eigenvalue weighted by Gasteiger charge is -2.40. The molecule has 1 aliphatic rings. The smallest absolute Gasteiger partial charge is 0.302 e. The maximum Gasteiger partial charge on any atom is 0.302 e. The predicted octanol–water partition coefficient (Wildman–Crippen LogP) is 0.957. The number of hydrogen-bond acceptors (Lipinski definition) is 5. The summed E-state index contributed by atoms with van der Waals surface area (Å²) in [4.78, 5) is 11.1. The zero-order valence-corrected chi connectivity index (χ0v) is 12.4. The molecule has 5 atom stereocenters. The number of aliphatic hydroxyl groups excluding tert-OH is 3. The zero-order chi connectivity index (χ0) is 15.8. The van der Waals surface area contributed by atoms with Gasteiger partial charge in [0, 0.05) is 19.4 Å². The minimum Gasteiger partial charge on any atom is -0.460 e.